The first-order chi connectivity index (χ1) is 9.69. The fourth-order valence-corrected chi connectivity index (χ4v) is 2.57. The fourth-order valence-electron chi connectivity index (χ4n) is 2.57. The van der Waals surface area contributed by atoms with Gasteiger partial charge in [0, 0.05) is 12.6 Å². The molecule has 1 aromatic carbocycles. The molecule has 0 aliphatic heterocycles. The van der Waals surface area contributed by atoms with Gasteiger partial charge in [0.2, 0.25) is 0 Å². The number of nitrogens with two attached hydrogens (primary N) is 1. The molecule has 0 aromatic heterocycles. The van der Waals surface area contributed by atoms with Crippen LogP contribution in [-0.2, 0) is 0 Å². The molecule has 3 N–H and O–H groups in total. The topological polar surface area (TPSA) is 56.5 Å². The Bertz CT molecular complexity index is 432. The summed E-state index contributed by atoms with van der Waals surface area (Å²) in [5, 5.41) is 3.57. The number of nitrogens with one attached hydrogen (secondary N) is 1. The molecule has 2 atom stereocenters. The van der Waals surface area contributed by atoms with Crippen molar-refractivity contribution in [2.75, 3.05) is 27.3 Å². The average Bonchev–Trinajstić information content (AvgIpc) is 3.32. The molecule has 0 amide bonds. The van der Waals surface area contributed by atoms with Crippen molar-refractivity contribution in [2.45, 2.75) is 25.8 Å². The van der Waals surface area contributed by atoms with E-state index in [-0.39, 0.29) is 6.04 Å². The van der Waals surface area contributed by atoms with Gasteiger partial charge in [-0.2, -0.15) is 0 Å². The van der Waals surface area contributed by atoms with E-state index in [1.54, 1.807) is 14.2 Å². The van der Waals surface area contributed by atoms with Crippen molar-refractivity contribution in [1.29, 1.82) is 0 Å². The zero-order valence-electron chi connectivity index (χ0n) is 12.7. The average molecular weight is 278 g/mol. The van der Waals surface area contributed by atoms with Crippen molar-refractivity contribution in [3.63, 3.8) is 0 Å². The molecule has 2 rings (SSSR count). The molecule has 1 aliphatic rings. The third-order valence-corrected chi connectivity index (χ3v) is 4.16. The van der Waals surface area contributed by atoms with Gasteiger partial charge >= 0.3 is 0 Å². The van der Waals surface area contributed by atoms with Crippen LogP contribution in [0, 0.1) is 11.8 Å². The van der Waals surface area contributed by atoms with Gasteiger partial charge in [-0.05, 0) is 48.9 Å². The van der Waals surface area contributed by atoms with Crippen LogP contribution in [0.3, 0.4) is 0 Å². The van der Waals surface area contributed by atoms with Crippen LogP contribution in [0.25, 0.3) is 0 Å². The second kappa shape index (κ2) is 6.95. The maximum absolute atomic E-state index is 5.91. The highest BCUT2D eigenvalue weighted by Crippen LogP contribution is 2.36. The van der Waals surface area contributed by atoms with Gasteiger partial charge in [0.1, 0.15) is 0 Å². The molecular formula is C16H26N2O2. The Morgan fingerprint density at radius 1 is 1.25 bits per heavy atom. The van der Waals surface area contributed by atoms with Crippen molar-refractivity contribution < 1.29 is 9.47 Å². The zero-order chi connectivity index (χ0) is 14.5. The summed E-state index contributed by atoms with van der Waals surface area (Å²) in [5.41, 5.74) is 7.06. The van der Waals surface area contributed by atoms with E-state index in [0.29, 0.717) is 6.54 Å². The van der Waals surface area contributed by atoms with Crippen LogP contribution in [-0.4, -0.2) is 27.3 Å². The Hall–Kier alpha value is -1.26. The number of hydrogen-bond acceptors (Lipinski definition) is 4. The highest BCUT2D eigenvalue weighted by molar-refractivity contribution is 5.43. The molecule has 0 bridgehead atoms. The molecule has 1 fully saturated rings. The van der Waals surface area contributed by atoms with Crippen molar-refractivity contribution in [1.82, 2.24) is 5.32 Å². The molecule has 112 valence electrons. The summed E-state index contributed by atoms with van der Waals surface area (Å²) >= 11 is 0. The third kappa shape index (κ3) is 3.64. The van der Waals surface area contributed by atoms with E-state index in [4.69, 9.17) is 15.2 Å². The summed E-state index contributed by atoms with van der Waals surface area (Å²) in [7, 11) is 3.30. The zero-order valence-corrected chi connectivity index (χ0v) is 12.7. The normalized spacial score (nSPS) is 17.6. The molecule has 1 saturated carbocycles. The SMILES string of the molecule is COc1ccc(C(CN)NCC(C)C2CC2)cc1OC. The van der Waals surface area contributed by atoms with Crippen LogP contribution in [0.15, 0.2) is 18.2 Å². The molecule has 0 radical (unpaired) electrons. The van der Waals surface area contributed by atoms with Gasteiger partial charge in [0.05, 0.1) is 14.2 Å². The van der Waals surface area contributed by atoms with Crippen molar-refractivity contribution >= 4 is 0 Å². The van der Waals surface area contributed by atoms with Crippen LogP contribution < -0.4 is 20.5 Å². The van der Waals surface area contributed by atoms with Crippen LogP contribution >= 0.6 is 0 Å². The highest BCUT2D eigenvalue weighted by Gasteiger charge is 2.28. The van der Waals surface area contributed by atoms with E-state index in [0.717, 1.165) is 35.4 Å². The monoisotopic (exact) mass is 278 g/mol. The van der Waals surface area contributed by atoms with E-state index in [9.17, 15) is 0 Å². The number of rotatable bonds is 8. The standard InChI is InChI=1S/C16H26N2O2/c1-11(12-4-5-12)10-18-14(9-17)13-6-7-15(19-2)16(8-13)20-3/h6-8,11-12,14,18H,4-5,9-10,17H2,1-3H3. The lowest BCUT2D eigenvalue weighted by Crippen LogP contribution is -2.32. The van der Waals surface area contributed by atoms with Gasteiger partial charge in [-0.1, -0.05) is 13.0 Å². The molecule has 4 heteroatoms. The second-order valence-corrected chi connectivity index (χ2v) is 5.63. The van der Waals surface area contributed by atoms with E-state index in [1.165, 1.54) is 12.8 Å². The first-order valence-corrected chi connectivity index (χ1v) is 7.35. The second-order valence-electron chi connectivity index (χ2n) is 5.63. The van der Waals surface area contributed by atoms with Crippen LogP contribution in [0.4, 0.5) is 0 Å². The molecular weight excluding hydrogens is 252 g/mol. The van der Waals surface area contributed by atoms with Gasteiger partial charge in [0.15, 0.2) is 11.5 Å². The quantitative estimate of drug-likeness (QED) is 0.766. The van der Waals surface area contributed by atoms with E-state index >= 15 is 0 Å². The lowest BCUT2D eigenvalue weighted by molar-refractivity contribution is 0.353. The summed E-state index contributed by atoms with van der Waals surface area (Å²) in [6, 6.07) is 6.15. The number of hydrogen-bond donors (Lipinski definition) is 2. The van der Waals surface area contributed by atoms with Gasteiger partial charge in [-0.25, -0.2) is 0 Å². The molecule has 4 nitrogen and oxygen atoms in total. The Labute approximate surface area is 121 Å². The van der Waals surface area contributed by atoms with E-state index < -0.39 is 0 Å². The van der Waals surface area contributed by atoms with Crippen molar-refractivity contribution in [2.24, 2.45) is 17.6 Å². The van der Waals surface area contributed by atoms with Gasteiger partial charge in [-0.3, -0.25) is 0 Å². The first kappa shape index (κ1) is 15.1. The van der Waals surface area contributed by atoms with Gasteiger partial charge in [-0.15, -0.1) is 0 Å². The number of benzene rings is 1. The Kier molecular flexibility index (Phi) is 5.26. The van der Waals surface area contributed by atoms with E-state index in [1.807, 2.05) is 18.2 Å². The first-order valence-electron chi connectivity index (χ1n) is 7.35. The molecule has 0 heterocycles. The lowest BCUT2D eigenvalue weighted by atomic mass is 10.0. The predicted molar refractivity (Wildman–Crippen MR) is 81.2 cm³/mol. The minimum absolute atomic E-state index is 0.163. The molecule has 1 aliphatic carbocycles. The Morgan fingerprint density at radius 3 is 2.50 bits per heavy atom. The minimum Gasteiger partial charge on any atom is -0.493 e. The number of methoxy groups -OCH3 is 2. The summed E-state index contributed by atoms with van der Waals surface area (Å²) in [6.07, 6.45) is 2.76. The van der Waals surface area contributed by atoms with Crippen LogP contribution in [0.2, 0.25) is 0 Å². The van der Waals surface area contributed by atoms with Crippen LogP contribution in [0.1, 0.15) is 31.4 Å². The maximum Gasteiger partial charge on any atom is 0.161 e. The lowest BCUT2D eigenvalue weighted by Gasteiger charge is -2.21. The molecule has 1 aromatic rings. The predicted octanol–water partition coefficient (Wildman–Crippen LogP) is 2.34. The molecule has 0 saturated heterocycles. The van der Waals surface area contributed by atoms with Gasteiger partial charge < -0.3 is 20.5 Å². The van der Waals surface area contributed by atoms with Gasteiger partial charge in [0.25, 0.3) is 0 Å². The van der Waals surface area contributed by atoms with Crippen molar-refractivity contribution in [3.05, 3.63) is 23.8 Å². The third-order valence-electron chi connectivity index (χ3n) is 4.16. The van der Waals surface area contributed by atoms with E-state index in [2.05, 4.69) is 12.2 Å². The Balaban J connectivity index is 2.02. The Morgan fingerprint density at radius 2 is 1.95 bits per heavy atom. The molecule has 0 spiro atoms. The summed E-state index contributed by atoms with van der Waals surface area (Å²) in [6.45, 7) is 3.90. The summed E-state index contributed by atoms with van der Waals surface area (Å²) in [5.74, 6) is 3.13. The molecule has 20 heavy (non-hydrogen) atoms. The highest BCUT2D eigenvalue weighted by atomic mass is 16.5. The summed E-state index contributed by atoms with van der Waals surface area (Å²) < 4.78 is 10.6. The molecule has 2 unspecified atom stereocenters. The minimum atomic E-state index is 0.163. The van der Waals surface area contributed by atoms with Crippen LogP contribution in [0.5, 0.6) is 11.5 Å². The largest absolute Gasteiger partial charge is 0.493 e. The smallest absolute Gasteiger partial charge is 0.161 e. The maximum atomic E-state index is 5.91. The summed E-state index contributed by atoms with van der Waals surface area (Å²) in [4.78, 5) is 0. The van der Waals surface area contributed by atoms with Crippen molar-refractivity contribution in [3.8, 4) is 11.5 Å². The fraction of sp³-hybridized carbons (Fsp3) is 0.625. The number of ether oxygens (including phenoxy) is 2.